The van der Waals surface area contributed by atoms with E-state index in [1.165, 1.54) is 18.6 Å². The number of aromatic nitrogens is 2. The molecule has 0 radical (unpaired) electrons. The number of benzene rings is 1. The van der Waals surface area contributed by atoms with Crippen LogP contribution in [0, 0.1) is 0 Å². The van der Waals surface area contributed by atoms with E-state index in [0.29, 0.717) is 29.6 Å². The van der Waals surface area contributed by atoms with Gasteiger partial charge in [0.1, 0.15) is 5.75 Å². The van der Waals surface area contributed by atoms with Crippen molar-refractivity contribution in [1.82, 2.24) is 10.1 Å². The first-order valence-electron chi connectivity index (χ1n) is 8.04. The molecule has 1 saturated carbocycles. The normalized spacial score (nSPS) is 16.2. The van der Waals surface area contributed by atoms with Crippen LogP contribution >= 0.6 is 10.7 Å². The molecular formula is C16H19ClN2O4S. The molecule has 0 spiro atoms. The van der Waals surface area contributed by atoms with Crippen molar-refractivity contribution in [1.29, 1.82) is 0 Å². The van der Waals surface area contributed by atoms with E-state index in [0.717, 1.165) is 25.7 Å². The van der Waals surface area contributed by atoms with E-state index in [4.69, 9.17) is 19.9 Å². The Hall–Kier alpha value is -1.60. The fraction of sp³-hybridized carbons (Fsp3) is 0.500. The summed E-state index contributed by atoms with van der Waals surface area (Å²) in [5.74, 6) is 1.69. The molecule has 0 amide bonds. The highest BCUT2D eigenvalue weighted by Gasteiger charge is 2.24. The van der Waals surface area contributed by atoms with Gasteiger partial charge in [0.15, 0.2) is 0 Å². The monoisotopic (exact) mass is 370 g/mol. The molecule has 24 heavy (non-hydrogen) atoms. The van der Waals surface area contributed by atoms with Crippen LogP contribution in [-0.2, 0) is 9.05 Å². The largest absolute Gasteiger partial charge is 0.493 e. The fourth-order valence-corrected chi connectivity index (χ4v) is 3.75. The maximum absolute atomic E-state index is 11.6. The van der Waals surface area contributed by atoms with Crippen molar-refractivity contribution in [3.8, 4) is 17.1 Å². The summed E-state index contributed by atoms with van der Waals surface area (Å²) in [5.41, 5.74) is 0.462. The second-order valence-electron chi connectivity index (χ2n) is 5.82. The third-order valence-electron chi connectivity index (χ3n) is 4.17. The lowest BCUT2D eigenvalue weighted by atomic mass is 9.89. The topological polar surface area (TPSA) is 82.3 Å². The Morgan fingerprint density at radius 1 is 1.29 bits per heavy atom. The average Bonchev–Trinajstić information content (AvgIpc) is 3.05. The third-order valence-corrected chi connectivity index (χ3v) is 5.52. The number of hydrogen-bond acceptors (Lipinski definition) is 6. The van der Waals surface area contributed by atoms with Crippen LogP contribution in [0.5, 0.6) is 5.75 Å². The molecule has 1 aliphatic rings. The lowest BCUT2D eigenvalue weighted by Crippen LogP contribution is -2.04. The van der Waals surface area contributed by atoms with Crippen molar-refractivity contribution in [3.63, 3.8) is 0 Å². The SMILES string of the molecule is CCOc1ccc(S(=O)(=O)Cl)cc1-c1noc(C2CCCCC2)n1. The third kappa shape index (κ3) is 3.72. The van der Waals surface area contributed by atoms with Crippen LogP contribution in [0.4, 0.5) is 0 Å². The fourth-order valence-electron chi connectivity index (χ4n) is 2.98. The Balaban J connectivity index is 1.99. The number of rotatable bonds is 5. The molecule has 0 bridgehead atoms. The van der Waals surface area contributed by atoms with Crippen LogP contribution in [0.2, 0.25) is 0 Å². The van der Waals surface area contributed by atoms with E-state index in [1.807, 2.05) is 6.92 Å². The summed E-state index contributed by atoms with van der Waals surface area (Å²) in [6, 6.07) is 4.38. The van der Waals surface area contributed by atoms with Crippen LogP contribution in [0.1, 0.15) is 50.8 Å². The van der Waals surface area contributed by atoms with Gasteiger partial charge in [-0.2, -0.15) is 4.98 Å². The van der Waals surface area contributed by atoms with E-state index >= 15 is 0 Å². The van der Waals surface area contributed by atoms with Crippen molar-refractivity contribution in [2.75, 3.05) is 6.61 Å². The van der Waals surface area contributed by atoms with Gasteiger partial charge in [0.05, 0.1) is 17.1 Å². The van der Waals surface area contributed by atoms with E-state index in [2.05, 4.69) is 10.1 Å². The zero-order chi connectivity index (χ0) is 17.2. The predicted molar refractivity (Wildman–Crippen MR) is 89.8 cm³/mol. The molecule has 0 N–H and O–H groups in total. The van der Waals surface area contributed by atoms with Gasteiger partial charge in [0.2, 0.25) is 11.7 Å². The molecule has 0 aliphatic heterocycles. The van der Waals surface area contributed by atoms with Crippen molar-refractivity contribution in [2.24, 2.45) is 0 Å². The lowest BCUT2D eigenvalue weighted by Gasteiger charge is -2.17. The summed E-state index contributed by atoms with van der Waals surface area (Å²) in [5, 5.41) is 4.02. The van der Waals surface area contributed by atoms with E-state index < -0.39 is 9.05 Å². The number of nitrogens with zero attached hydrogens (tertiary/aromatic N) is 2. The highest BCUT2D eigenvalue weighted by atomic mass is 35.7. The maximum Gasteiger partial charge on any atom is 0.261 e. The highest BCUT2D eigenvalue weighted by molar-refractivity contribution is 8.13. The van der Waals surface area contributed by atoms with Crippen molar-refractivity contribution >= 4 is 19.7 Å². The first-order chi connectivity index (χ1) is 11.5. The molecule has 2 aromatic rings. The molecule has 1 aromatic carbocycles. The molecule has 1 heterocycles. The standard InChI is InChI=1S/C16H19ClN2O4S/c1-2-22-14-9-8-12(24(17,20)21)10-13(14)15-18-16(23-19-15)11-6-4-3-5-7-11/h8-11H,2-7H2,1H3. The van der Waals surface area contributed by atoms with Crippen molar-refractivity contribution in [2.45, 2.75) is 49.8 Å². The van der Waals surface area contributed by atoms with Crippen LogP contribution in [-0.4, -0.2) is 25.2 Å². The maximum atomic E-state index is 11.6. The summed E-state index contributed by atoms with van der Waals surface area (Å²) in [6.07, 6.45) is 5.63. The summed E-state index contributed by atoms with van der Waals surface area (Å²) in [4.78, 5) is 4.45. The summed E-state index contributed by atoms with van der Waals surface area (Å²) < 4.78 is 34.2. The molecule has 1 fully saturated rings. The molecule has 0 unspecified atom stereocenters. The number of halogens is 1. The predicted octanol–water partition coefficient (Wildman–Crippen LogP) is 4.11. The van der Waals surface area contributed by atoms with Gasteiger partial charge < -0.3 is 9.26 Å². The van der Waals surface area contributed by atoms with Gasteiger partial charge >= 0.3 is 0 Å². The minimum Gasteiger partial charge on any atom is -0.493 e. The van der Waals surface area contributed by atoms with Crippen LogP contribution in [0.15, 0.2) is 27.6 Å². The van der Waals surface area contributed by atoms with Gasteiger partial charge in [-0.3, -0.25) is 0 Å². The van der Waals surface area contributed by atoms with Gasteiger partial charge in [-0.25, -0.2) is 8.42 Å². The number of ether oxygens (including phenoxy) is 1. The molecular weight excluding hydrogens is 352 g/mol. The first kappa shape index (κ1) is 17.2. The van der Waals surface area contributed by atoms with E-state index in [1.54, 1.807) is 6.07 Å². The zero-order valence-corrected chi connectivity index (χ0v) is 14.9. The summed E-state index contributed by atoms with van der Waals surface area (Å²) in [6.45, 7) is 2.28. The summed E-state index contributed by atoms with van der Waals surface area (Å²) >= 11 is 0. The van der Waals surface area contributed by atoms with Gasteiger partial charge in [-0.15, -0.1) is 0 Å². The Labute approximate surface area is 145 Å². The molecule has 130 valence electrons. The molecule has 0 saturated heterocycles. The van der Waals surface area contributed by atoms with Crippen molar-refractivity contribution in [3.05, 3.63) is 24.1 Å². The average molecular weight is 371 g/mol. The molecule has 0 atom stereocenters. The quantitative estimate of drug-likeness (QED) is 0.736. The smallest absolute Gasteiger partial charge is 0.261 e. The first-order valence-corrected chi connectivity index (χ1v) is 10.4. The highest BCUT2D eigenvalue weighted by Crippen LogP contribution is 2.35. The second kappa shape index (κ2) is 7.11. The summed E-state index contributed by atoms with van der Waals surface area (Å²) in [7, 11) is 1.59. The molecule has 3 rings (SSSR count). The minimum atomic E-state index is -3.85. The second-order valence-corrected chi connectivity index (χ2v) is 8.39. The Kier molecular flexibility index (Phi) is 5.10. The Morgan fingerprint density at radius 2 is 2.04 bits per heavy atom. The van der Waals surface area contributed by atoms with Gasteiger partial charge in [-0.1, -0.05) is 24.4 Å². The molecule has 1 aromatic heterocycles. The van der Waals surface area contributed by atoms with Crippen LogP contribution in [0.25, 0.3) is 11.4 Å². The van der Waals surface area contributed by atoms with Crippen molar-refractivity contribution < 1.29 is 17.7 Å². The molecule has 6 nitrogen and oxygen atoms in total. The minimum absolute atomic E-state index is 0.0216. The Bertz CT molecular complexity index is 813. The number of hydrogen-bond donors (Lipinski definition) is 0. The van der Waals surface area contributed by atoms with E-state index in [-0.39, 0.29) is 10.8 Å². The Morgan fingerprint density at radius 3 is 2.71 bits per heavy atom. The van der Waals surface area contributed by atoms with Gasteiger partial charge in [0.25, 0.3) is 9.05 Å². The zero-order valence-electron chi connectivity index (χ0n) is 13.4. The molecule has 8 heteroatoms. The van der Waals surface area contributed by atoms with Crippen LogP contribution in [0.3, 0.4) is 0 Å². The molecule has 1 aliphatic carbocycles. The van der Waals surface area contributed by atoms with E-state index in [9.17, 15) is 8.42 Å². The van der Waals surface area contributed by atoms with Crippen LogP contribution < -0.4 is 4.74 Å². The van der Waals surface area contributed by atoms with Gasteiger partial charge in [-0.05, 0) is 38.0 Å². The lowest BCUT2D eigenvalue weighted by molar-refractivity contribution is 0.314. The van der Waals surface area contributed by atoms with Gasteiger partial charge in [0, 0.05) is 16.6 Å².